The van der Waals surface area contributed by atoms with Crippen molar-refractivity contribution in [2.75, 3.05) is 13.6 Å². The van der Waals surface area contributed by atoms with Gasteiger partial charge in [-0.3, -0.25) is 9.59 Å². The van der Waals surface area contributed by atoms with Crippen molar-refractivity contribution in [3.8, 4) is 0 Å². The van der Waals surface area contributed by atoms with Gasteiger partial charge in [0.2, 0.25) is 11.8 Å². The second kappa shape index (κ2) is 4.61. The van der Waals surface area contributed by atoms with Crippen molar-refractivity contribution in [2.45, 2.75) is 38.3 Å². The summed E-state index contributed by atoms with van der Waals surface area (Å²) in [6.07, 6.45) is 1.37. The Bertz CT molecular complexity index is 263. The van der Waals surface area contributed by atoms with Crippen molar-refractivity contribution in [2.24, 2.45) is 0 Å². The fourth-order valence-electron chi connectivity index (χ4n) is 1.38. The fraction of sp³-hybridized carbons (Fsp3) is 0.800. The summed E-state index contributed by atoms with van der Waals surface area (Å²) < 4.78 is 0. The van der Waals surface area contributed by atoms with Crippen LogP contribution in [0.5, 0.6) is 0 Å². The highest BCUT2D eigenvalue weighted by molar-refractivity contribution is 5.85. The van der Waals surface area contributed by atoms with Crippen LogP contribution in [-0.2, 0) is 9.59 Å². The smallest absolute Gasteiger partial charge is 0.239 e. The molecule has 0 bridgehead atoms. The molecule has 0 aromatic heterocycles. The Morgan fingerprint density at radius 3 is 2.73 bits per heavy atom. The first-order valence-electron chi connectivity index (χ1n) is 5.22. The minimum Gasteiger partial charge on any atom is -0.352 e. The molecular formula is C10H19N3O2. The third kappa shape index (κ3) is 3.20. The molecule has 1 aliphatic heterocycles. The molecule has 0 spiro atoms. The first-order chi connectivity index (χ1) is 6.95. The molecule has 0 aromatic carbocycles. The van der Waals surface area contributed by atoms with Gasteiger partial charge in [0.25, 0.3) is 0 Å². The number of nitrogens with one attached hydrogen (secondary N) is 3. The van der Waals surface area contributed by atoms with Gasteiger partial charge in [0.15, 0.2) is 0 Å². The molecular weight excluding hydrogens is 194 g/mol. The molecule has 15 heavy (non-hydrogen) atoms. The van der Waals surface area contributed by atoms with Gasteiger partial charge in [0.1, 0.15) is 0 Å². The molecule has 1 aliphatic rings. The number of carbonyl (C=O) groups excluding carboxylic acids is 2. The van der Waals surface area contributed by atoms with Crippen molar-refractivity contribution in [1.82, 2.24) is 16.0 Å². The normalized spacial score (nSPS) is 21.3. The average Bonchev–Trinajstić information content (AvgIpc) is 2.60. The molecule has 1 saturated heterocycles. The van der Waals surface area contributed by atoms with E-state index in [-0.39, 0.29) is 17.9 Å². The molecule has 86 valence electrons. The predicted octanol–water partition coefficient (Wildman–Crippen LogP) is -0.621. The average molecular weight is 213 g/mol. The summed E-state index contributed by atoms with van der Waals surface area (Å²) in [5, 5.41) is 8.55. The molecule has 5 nitrogen and oxygen atoms in total. The fourth-order valence-corrected chi connectivity index (χ4v) is 1.38. The Hall–Kier alpha value is -1.10. The maximum absolute atomic E-state index is 11.6. The van der Waals surface area contributed by atoms with E-state index in [2.05, 4.69) is 16.0 Å². The zero-order valence-corrected chi connectivity index (χ0v) is 9.52. The molecule has 0 radical (unpaired) electrons. The maximum Gasteiger partial charge on any atom is 0.239 e. The molecule has 1 fully saturated rings. The second-order valence-corrected chi connectivity index (χ2v) is 4.39. The number of carbonyl (C=O) groups is 2. The lowest BCUT2D eigenvalue weighted by molar-refractivity contribution is -0.126. The zero-order chi connectivity index (χ0) is 11.5. The number of hydrogen-bond acceptors (Lipinski definition) is 3. The number of rotatable bonds is 4. The maximum atomic E-state index is 11.6. The standard InChI is InChI=1S/C10H19N3O2/c1-10(2,11-3)9(15)12-6-7-4-5-8(14)13-7/h7,11H,4-6H2,1-3H3,(H,12,15)(H,13,14). The van der Waals surface area contributed by atoms with Crippen LogP contribution in [0, 0.1) is 0 Å². The van der Waals surface area contributed by atoms with Gasteiger partial charge in [0, 0.05) is 19.0 Å². The molecule has 0 aliphatic carbocycles. The highest BCUT2D eigenvalue weighted by Gasteiger charge is 2.27. The molecule has 2 amide bonds. The van der Waals surface area contributed by atoms with Crippen LogP contribution in [0.2, 0.25) is 0 Å². The van der Waals surface area contributed by atoms with Crippen LogP contribution in [0.1, 0.15) is 26.7 Å². The largest absolute Gasteiger partial charge is 0.352 e. The van der Waals surface area contributed by atoms with Gasteiger partial charge in [-0.2, -0.15) is 0 Å². The minimum atomic E-state index is -0.567. The Balaban J connectivity index is 2.31. The van der Waals surface area contributed by atoms with E-state index in [1.807, 2.05) is 13.8 Å². The molecule has 3 N–H and O–H groups in total. The highest BCUT2D eigenvalue weighted by Crippen LogP contribution is 2.06. The van der Waals surface area contributed by atoms with Crippen LogP contribution in [0.4, 0.5) is 0 Å². The van der Waals surface area contributed by atoms with E-state index < -0.39 is 5.54 Å². The van der Waals surface area contributed by atoms with Crippen LogP contribution in [0.3, 0.4) is 0 Å². The monoisotopic (exact) mass is 213 g/mol. The van der Waals surface area contributed by atoms with Gasteiger partial charge in [-0.05, 0) is 27.3 Å². The molecule has 1 unspecified atom stereocenters. The van der Waals surface area contributed by atoms with E-state index in [0.29, 0.717) is 13.0 Å². The molecule has 0 saturated carbocycles. The lowest BCUT2D eigenvalue weighted by Gasteiger charge is -2.23. The topological polar surface area (TPSA) is 70.2 Å². The summed E-state index contributed by atoms with van der Waals surface area (Å²) in [5.41, 5.74) is -0.567. The number of hydrogen-bond donors (Lipinski definition) is 3. The van der Waals surface area contributed by atoms with Crippen LogP contribution in [0.15, 0.2) is 0 Å². The van der Waals surface area contributed by atoms with Gasteiger partial charge in [-0.15, -0.1) is 0 Å². The summed E-state index contributed by atoms with van der Waals surface area (Å²) >= 11 is 0. The summed E-state index contributed by atoms with van der Waals surface area (Å²) in [6.45, 7) is 4.14. The Kier molecular flexibility index (Phi) is 3.68. The van der Waals surface area contributed by atoms with Crippen LogP contribution >= 0.6 is 0 Å². The quantitative estimate of drug-likeness (QED) is 0.583. The van der Waals surface area contributed by atoms with E-state index in [1.165, 1.54) is 0 Å². The lowest BCUT2D eigenvalue weighted by atomic mass is 10.1. The Morgan fingerprint density at radius 1 is 1.60 bits per heavy atom. The summed E-state index contributed by atoms with van der Waals surface area (Å²) in [4.78, 5) is 22.6. The molecule has 5 heteroatoms. The SMILES string of the molecule is CNC(C)(C)C(=O)NCC1CCC(=O)N1. The molecule has 1 atom stereocenters. The number of likely N-dealkylation sites (N-methyl/N-ethyl adjacent to an activating group) is 1. The third-order valence-electron chi connectivity index (χ3n) is 2.79. The van der Waals surface area contributed by atoms with Crippen LogP contribution < -0.4 is 16.0 Å². The highest BCUT2D eigenvalue weighted by atomic mass is 16.2. The lowest BCUT2D eigenvalue weighted by Crippen LogP contribution is -2.53. The van der Waals surface area contributed by atoms with E-state index in [0.717, 1.165) is 6.42 Å². The summed E-state index contributed by atoms with van der Waals surface area (Å²) in [7, 11) is 1.75. The zero-order valence-electron chi connectivity index (χ0n) is 9.52. The summed E-state index contributed by atoms with van der Waals surface area (Å²) in [5.74, 6) is 0.0216. The van der Waals surface area contributed by atoms with Gasteiger partial charge < -0.3 is 16.0 Å². The van der Waals surface area contributed by atoms with Crippen LogP contribution in [-0.4, -0.2) is 37.0 Å². The van der Waals surface area contributed by atoms with Crippen LogP contribution in [0.25, 0.3) is 0 Å². The van der Waals surface area contributed by atoms with E-state index in [1.54, 1.807) is 7.05 Å². The van der Waals surface area contributed by atoms with Gasteiger partial charge >= 0.3 is 0 Å². The van der Waals surface area contributed by atoms with Gasteiger partial charge in [-0.1, -0.05) is 0 Å². The van der Waals surface area contributed by atoms with Crippen molar-refractivity contribution in [3.05, 3.63) is 0 Å². The predicted molar refractivity (Wildman–Crippen MR) is 57.3 cm³/mol. The van der Waals surface area contributed by atoms with Crippen molar-refractivity contribution >= 4 is 11.8 Å². The van der Waals surface area contributed by atoms with Crippen molar-refractivity contribution in [3.63, 3.8) is 0 Å². The van der Waals surface area contributed by atoms with Gasteiger partial charge in [0.05, 0.1) is 5.54 Å². The van der Waals surface area contributed by atoms with E-state index in [4.69, 9.17) is 0 Å². The van der Waals surface area contributed by atoms with Gasteiger partial charge in [-0.25, -0.2) is 0 Å². The van der Waals surface area contributed by atoms with Crippen molar-refractivity contribution < 1.29 is 9.59 Å². The molecule has 1 rings (SSSR count). The summed E-state index contributed by atoms with van der Waals surface area (Å²) in [6, 6.07) is 0.0918. The minimum absolute atomic E-state index is 0.0499. The third-order valence-corrected chi connectivity index (χ3v) is 2.79. The molecule has 0 aromatic rings. The van der Waals surface area contributed by atoms with E-state index >= 15 is 0 Å². The van der Waals surface area contributed by atoms with E-state index in [9.17, 15) is 9.59 Å². The first-order valence-corrected chi connectivity index (χ1v) is 5.22. The number of amides is 2. The second-order valence-electron chi connectivity index (χ2n) is 4.39. The Morgan fingerprint density at radius 2 is 2.27 bits per heavy atom. The van der Waals surface area contributed by atoms with Crippen molar-refractivity contribution in [1.29, 1.82) is 0 Å². The first kappa shape index (κ1) is 12.0. The Labute approximate surface area is 90.0 Å². The molecule has 1 heterocycles.